The average Bonchev–Trinajstić information content (AvgIpc) is 2.28. The summed E-state index contributed by atoms with van der Waals surface area (Å²) in [5.41, 5.74) is 5.34. The molecule has 6 nitrogen and oxygen atoms in total. The van der Waals surface area contributed by atoms with Crippen LogP contribution in [0.4, 0.5) is 5.82 Å². The van der Waals surface area contributed by atoms with E-state index in [0.717, 1.165) is 0 Å². The Morgan fingerprint density at radius 3 is 2.61 bits per heavy atom. The first kappa shape index (κ1) is 14.0. The highest BCUT2D eigenvalue weighted by Gasteiger charge is 2.14. The first-order valence-electron chi connectivity index (χ1n) is 5.67. The third-order valence-corrected chi connectivity index (χ3v) is 2.47. The second kappa shape index (κ2) is 6.00. The van der Waals surface area contributed by atoms with Crippen molar-refractivity contribution >= 4 is 17.7 Å². The minimum Gasteiger partial charge on any atom is -0.481 e. The average molecular weight is 251 g/mol. The topological polar surface area (TPSA) is 96.5 Å². The Balaban J connectivity index is 2.94. The van der Waals surface area contributed by atoms with E-state index < -0.39 is 11.9 Å². The van der Waals surface area contributed by atoms with E-state index in [0.29, 0.717) is 12.4 Å². The van der Waals surface area contributed by atoms with E-state index in [9.17, 15) is 9.59 Å². The van der Waals surface area contributed by atoms with Gasteiger partial charge in [0.15, 0.2) is 0 Å². The smallest absolute Gasteiger partial charge is 0.305 e. The predicted octanol–water partition coefficient (Wildman–Crippen LogP) is 0.870. The Bertz CT molecular complexity index is 446. The number of primary amides is 1. The highest BCUT2D eigenvalue weighted by atomic mass is 16.4. The second-order valence-corrected chi connectivity index (χ2v) is 4.18. The summed E-state index contributed by atoms with van der Waals surface area (Å²) in [6.07, 6.45) is 0.0145. The maximum atomic E-state index is 11.1. The van der Waals surface area contributed by atoms with Crippen LogP contribution < -0.4 is 10.6 Å². The van der Waals surface area contributed by atoms with Crippen molar-refractivity contribution in [2.45, 2.75) is 26.3 Å². The van der Waals surface area contributed by atoms with E-state index in [4.69, 9.17) is 10.8 Å². The molecule has 98 valence electrons. The molecule has 0 aromatic carbocycles. The van der Waals surface area contributed by atoms with Gasteiger partial charge in [-0.1, -0.05) is 6.07 Å². The molecule has 0 saturated carbocycles. The molecule has 0 saturated heterocycles. The Morgan fingerprint density at radius 2 is 2.11 bits per heavy atom. The summed E-state index contributed by atoms with van der Waals surface area (Å²) in [4.78, 5) is 27.6. The normalized spacial score (nSPS) is 10.4. The fourth-order valence-corrected chi connectivity index (χ4v) is 1.57. The van der Waals surface area contributed by atoms with Crippen LogP contribution in [0.3, 0.4) is 0 Å². The predicted molar refractivity (Wildman–Crippen MR) is 67.5 cm³/mol. The lowest BCUT2D eigenvalue weighted by Crippen LogP contribution is -2.34. The molecule has 1 amide bonds. The molecule has 0 aliphatic carbocycles. The molecule has 1 heterocycles. The lowest BCUT2D eigenvalue weighted by Gasteiger charge is -2.27. The van der Waals surface area contributed by atoms with Crippen LogP contribution in [-0.2, 0) is 4.79 Å². The summed E-state index contributed by atoms with van der Waals surface area (Å²) < 4.78 is 0. The molecule has 0 bridgehead atoms. The van der Waals surface area contributed by atoms with Gasteiger partial charge in [-0.05, 0) is 26.0 Å². The molecule has 0 unspecified atom stereocenters. The van der Waals surface area contributed by atoms with Crippen molar-refractivity contribution in [2.75, 3.05) is 11.4 Å². The number of nitrogens with two attached hydrogens (primary N) is 1. The van der Waals surface area contributed by atoms with E-state index >= 15 is 0 Å². The minimum absolute atomic E-state index is 0.0145. The van der Waals surface area contributed by atoms with Gasteiger partial charge in [0.05, 0.1) is 6.42 Å². The number of aromatic nitrogens is 1. The molecule has 0 fully saturated rings. The first-order valence-corrected chi connectivity index (χ1v) is 5.67. The number of hydrogen-bond acceptors (Lipinski definition) is 4. The summed E-state index contributed by atoms with van der Waals surface area (Å²) in [6.45, 7) is 4.20. The maximum Gasteiger partial charge on any atom is 0.305 e. The van der Waals surface area contributed by atoms with Gasteiger partial charge in [-0.3, -0.25) is 9.59 Å². The van der Waals surface area contributed by atoms with E-state index in [1.807, 2.05) is 18.7 Å². The maximum absolute atomic E-state index is 11.1. The molecule has 1 rings (SSSR count). The number of carbonyl (C=O) groups is 2. The van der Waals surface area contributed by atoms with Crippen LogP contribution in [0.15, 0.2) is 18.2 Å². The van der Waals surface area contributed by atoms with Gasteiger partial charge < -0.3 is 15.7 Å². The highest BCUT2D eigenvalue weighted by molar-refractivity contribution is 5.91. The van der Waals surface area contributed by atoms with Crippen molar-refractivity contribution in [3.63, 3.8) is 0 Å². The standard InChI is InChI=1S/C12H17N3O3/c1-8(2)15(7-6-11(16)17)10-5-3-4-9(14-10)12(13)18/h3-5,8H,6-7H2,1-2H3,(H2,13,18)(H,16,17). The van der Waals surface area contributed by atoms with E-state index in [1.165, 1.54) is 6.07 Å². The summed E-state index contributed by atoms with van der Waals surface area (Å²) >= 11 is 0. The zero-order valence-corrected chi connectivity index (χ0v) is 10.5. The molecule has 0 spiro atoms. The number of carboxylic acids is 1. The zero-order chi connectivity index (χ0) is 13.7. The molecular weight excluding hydrogens is 234 g/mol. The molecule has 0 aliphatic heterocycles. The number of pyridine rings is 1. The first-order chi connectivity index (χ1) is 8.41. The number of carboxylic acid groups (broad SMARTS) is 1. The van der Waals surface area contributed by atoms with Gasteiger partial charge in [-0.2, -0.15) is 0 Å². The van der Waals surface area contributed by atoms with E-state index in [1.54, 1.807) is 12.1 Å². The van der Waals surface area contributed by atoms with Gasteiger partial charge in [-0.15, -0.1) is 0 Å². The van der Waals surface area contributed by atoms with E-state index in [2.05, 4.69) is 4.98 Å². The Hall–Kier alpha value is -2.11. The van der Waals surface area contributed by atoms with Crippen LogP contribution in [0.1, 0.15) is 30.8 Å². The largest absolute Gasteiger partial charge is 0.481 e. The Kier molecular flexibility index (Phi) is 4.65. The van der Waals surface area contributed by atoms with E-state index in [-0.39, 0.29) is 18.2 Å². The monoisotopic (exact) mass is 251 g/mol. The number of rotatable bonds is 6. The fourth-order valence-electron chi connectivity index (χ4n) is 1.57. The number of aliphatic carboxylic acids is 1. The molecule has 0 aliphatic rings. The third kappa shape index (κ3) is 3.73. The van der Waals surface area contributed by atoms with Crippen molar-refractivity contribution in [2.24, 2.45) is 5.73 Å². The SMILES string of the molecule is CC(C)N(CCC(=O)O)c1cccc(C(N)=O)n1. The molecule has 0 radical (unpaired) electrons. The van der Waals surface area contributed by atoms with Gasteiger partial charge in [0.25, 0.3) is 5.91 Å². The lowest BCUT2D eigenvalue weighted by molar-refractivity contribution is -0.136. The van der Waals surface area contributed by atoms with Gasteiger partial charge in [0.2, 0.25) is 0 Å². The minimum atomic E-state index is -0.869. The number of anilines is 1. The highest BCUT2D eigenvalue weighted by Crippen LogP contribution is 2.15. The Labute approximate surface area is 105 Å². The zero-order valence-electron chi connectivity index (χ0n) is 10.5. The molecule has 1 aromatic heterocycles. The van der Waals surface area contributed by atoms with Gasteiger partial charge >= 0.3 is 5.97 Å². The molecular formula is C12H17N3O3. The number of nitrogens with zero attached hydrogens (tertiary/aromatic N) is 2. The molecule has 3 N–H and O–H groups in total. The van der Waals surface area contributed by atoms with Crippen molar-refractivity contribution in [1.82, 2.24) is 4.98 Å². The fraction of sp³-hybridized carbons (Fsp3) is 0.417. The van der Waals surface area contributed by atoms with Crippen LogP contribution in [-0.4, -0.2) is 34.6 Å². The van der Waals surface area contributed by atoms with Crippen LogP contribution in [0.5, 0.6) is 0 Å². The molecule has 18 heavy (non-hydrogen) atoms. The van der Waals surface area contributed by atoms with Crippen molar-refractivity contribution in [1.29, 1.82) is 0 Å². The molecule has 6 heteroatoms. The molecule has 1 aromatic rings. The van der Waals surface area contributed by atoms with Crippen molar-refractivity contribution in [3.8, 4) is 0 Å². The van der Waals surface area contributed by atoms with Gasteiger partial charge in [-0.25, -0.2) is 4.98 Å². The summed E-state index contributed by atoms with van der Waals surface area (Å²) in [6, 6.07) is 5.02. The van der Waals surface area contributed by atoms with Crippen LogP contribution >= 0.6 is 0 Å². The van der Waals surface area contributed by atoms with Crippen LogP contribution in [0.2, 0.25) is 0 Å². The number of carbonyl (C=O) groups excluding carboxylic acids is 1. The Morgan fingerprint density at radius 1 is 1.44 bits per heavy atom. The van der Waals surface area contributed by atoms with Crippen molar-refractivity contribution < 1.29 is 14.7 Å². The molecule has 0 atom stereocenters. The third-order valence-electron chi connectivity index (χ3n) is 2.47. The van der Waals surface area contributed by atoms with Gasteiger partial charge in [0.1, 0.15) is 11.5 Å². The van der Waals surface area contributed by atoms with Crippen LogP contribution in [0, 0.1) is 0 Å². The lowest BCUT2D eigenvalue weighted by atomic mass is 10.2. The summed E-state index contributed by atoms with van der Waals surface area (Å²) in [7, 11) is 0. The quantitative estimate of drug-likeness (QED) is 0.782. The van der Waals surface area contributed by atoms with Gasteiger partial charge in [0, 0.05) is 12.6 Å². The van der Waals surface area contributed by atoms with Crippen LogP contribution in [0.25, 0.3) is 0 Å². The summed E-state index contributed by atoms with van der Waals surface area (Å²) in [5.74, 6) is -0.909. The number of hydrogen-bond donors (Lipinski definition) is 2. The van der Waals surface area contributed by atoms with Crippen molar-refractivity contribution in [3.05, 3.63) is 23.9 Å². The number of amides is 1. The summed E-state index contributed by atoms with van der Waals surface area (Å²) in [5, 5.41) is 8.71. The second-order valence-electron chi connectivity index (χ2n) is 4.18.